The second-order valence-electron chi connectivity index (χ2n) is 4.20. The van der Waals surface area contributed by atoms with Gasteiger partial charge in [0.2, 0.25) is 0 Å². The molecule has 4 heteroatoms. The van der Waals surface area contributed by atoms with Gasteiger partial charge in [-0.2, -0.15) is 0 Å². The zero-order valence-electron chi connectivity index (χ0n) is 10.4. The van der Waals surface area contributed by atoms with Gasteiger partial charge in [-0.15, -0.1) is 0 Å². The van der Waals surface area contributed by atoms with Gasteiger partial charge >= 0.3 is 0 Å². The number of benzene rings is 2. The summed E-state index contributed by atoms with van der Waals surface area (Å²) in [7, 11) is 0. The van der Waals surface area contributed by atoms with Crippen molar-refractivity contribution in [3.8, 4) is 0 Å². The van der Waals surface area contributed by atoms with Crippen LogP contribution in [0.1, 0.15) is 15.9 Å². The fourth-order valence-corrected chi connectivity index (χ4v) is 1.74. The van der Waals surface area contributed by atoms with Gasteiger partial charge in [0.15, 0.2) is 5.78 Å². The molecular weight excluding hydrogens is 248 g/mol. The first kappa shape index (κ1) is 13.2. The fourth-order valence-electron chi connectivity index (χ4n) is 1.74. The molecule has 0 unspecified atom stereocenters. The van der Waals surface area contributed by atoms with Crippen LogP contribution in [0.3, 0.4) is 0 Å². The van der Waals surface area contributed by atoms with Crippen molar-refractivity contribution in [1.82, 2.24) is 0 Å². The predicted molar refractivity (Wildman–Crippen MR) is 70.4 cm³/mol. The molecule has 19 heavy (non-hydrogen) atoms. The van der Waals surface area contributed by atoms with Crippen molar-refractivity contribution < 1.29 is 13.6 Å². The first-order chi connectivity index (χ1) is 9.09. The molecule has 2 aromatic carbocycles. The summed E-state index contributed by atoms with van der Waals surface area (Å²) < 4.78 is 27.3. The number of aryl methyl sites for hydroxylation is 1. The smallest absolute Gasteiger partial charge is 0.187 e. The van der Waals surface area contributed by atoms with Crippen molar-refractivity contribution in [2.45, 2.75) is 6.92 Å². The van der Waals surface area contributed by atoms with E-state index in [1.807, 2.05) is 6.07 Å². The maximum atomic E-state index is 13.8. The SMILES string of the molecule is Cc1ccc(F)c(C(=O)CNc2ccccc2)c1F. The molecule has 0 fully saturated rings. The molecule has 1 N–H and O–H groups in total. The molecule has 0 bridgehead atoms. The molecule has 2 rings (SSSR count). The molecule has 0 spiro atoms. The summed E-state index contributed by atoms with van der Waals surface area (Å²) in [4.78, 5) is 11.9. The Labute approximate surface area is 110 Å². The average Bonchev–Trinajstić information content (AvgIpc) is 2.42. The molecule has 0 saturated carbocycles. The van der Waals surface area contributed by atoms with Crippen LogP contribution in [0.2, 0.25) is 0 Å². The molecule has 0 aliphatic carbocycles. The van der Waals surface area contributed by atoms with E-state index in [1.54, 1.807) is 24.3 Å². The molecule has 0 amide bonds. The van der Waals surface area contributed by atoms with Crippen LogP contribution in [-0.2, 0) is 0 Å². The summed E-state index contributed by atoms with van der Waals surface area (Å²) in [6, 6.07) is 11.4. The predicted octanol–water partition coefficient (Wildman–Crippen LogP) is 3.57. The number of hydrogen-bond donors (Lipinski definition) is 1. The number of hydrogen-bond acceptors (Lipinski definition) is 2. The van der Waals surface area contributed by atoms with Gasteiger partial charge in [-0.3, -0.25) is 4.79 Å². The van der Waals surface area contributed by atoms with Crippen molar-refractivity contribution >= 4 is 11.5 Å². The van der Waals surface area contributed by atoms with Crippen LogP contribution in [-0.4, -0.2) is 12.3 Å². The van der Waals surface area contributed by atoms with Crippen LogP contribution in [0.25, 0.3) is 0 Å². The molecule has 0 aliphatic rings. The summed E-state index contributed by atoms with van der Waals surface area (Å²) >= 11 is 0. The zero-order valence-corrected chi connectivity index (χ0v) is 10.4. The lowest BCUT2D eigenvalue weighted by atomic mass is 10.1. The number of rotatable bonds is 4. The lowest BCUT2D eigenvalue weighted by Gasteiger charge is -2.08. The van der Waals surface area contributed by atoms with Crippen LogP contribution in [0.5, 0.6) is 0 Å². The van der Waals surface area contributed by atoms with Crippen molar-refractivity contribution in [1.29, 1.82) is 0 Å². The molecule has 0 heterocycles. The van der Waals surface area contributed by atoms with Gasteiger partial charge in [0.1, 0.15) is 11.6 Å². The van der Waals surface area contributed by atoms with Gasteiger partial charge in [0, 0.05) is 5.69 Å². The fraction of sp³-hybridized carbons (Fsp3) is 0.133. The topological polar surface area (TPSA) is 29.1 Å². The van der Waals surface area contributed by atoms with Crippen molar-refractivity contribution in [2.75, 3.05) is 11.9 Å². The molecule has 0 atom stereocenters. The summed E-state index contributed by atoms with van der Waals surface area (Å²) in [5.74, 6) is -2.23. The Morgan fingerprint density at radius 1 is 1.11 bits per heavy atom. The highest BCUT2D eigenvalue weighted by Crippen LogP contribution is 2.17. The van der Waals surface area contributed by atoms with Gasteiger partial charge in [0.25, 0.3) is 0 Å². The minimum Gasteiger partial charge on any atom is -0.378 e. The van der Waals surface area contributed by atoms with E-state index >= 15 is 0 Å². The molecular formula is C15H13F2NO. The molecule has 0 aromatic heterocycles. The Bertz CT molecular complexity index is 597. The van der Waals surface area contributed by atoms with E-state index in [0.717, 1.165) is 11.8 Å². The number of halogens is 2. The molecule has 2 aromatic rings. The highest BCUT2D eigenvalue weighted by Gasteiger charge is 2.18. The van der Waals surface area contributed by atoms with Crippen LogP contribution < -0.4 is 5.32 Å². The third-order valence-electron chi connectivity index (χ3n) is 2.79. The maximum Gasteiger partial charge on any atom is 0.187 e. The van der Waals surface area contributed by atoms with Gasteiger partial charge in [0.05, 0.1) is 12.1 Å². The largest absolute Gasteiger partial charge is 0.378 e. The van der Waals surface area contributed by atoms with Crippen LogP contribution in [0.4, 0.5) is 14.5 Å². The quantitative estimate of drug-likeness (QED) is 0.852. The molecule has 0 radical (unpaired) electrons. The minimum absolute atomic E-state index is 0.151. The summed E-state index contributed by atoms with van der Waals surface area (Å²) in [5, 5.41) is 2.83. The van der Waals surface area contributed by atoms with E-state index in [4.69, 9.17) is 0 Å². The molecule has 0 saturated heterocycles. The van der Waals surface area contributed by atoms with Crippen LogP contribution in [0.15, 0.2) is 42.5 Å². The Hall–Kier alpha value is -2.23. The van der Waals surface area contributed by atoms with E-state index < -0.39 is 23.0 Å². The Kier molecular flexibility index (Phi) is 3.90. The zero-order chi connectivity index (χ0) is 13.8. The highest BCUT2D eigenvalue weighted by molar-refractivity contribution is 5.99. The molecule has 2 nitrogen and oxygen atoms in total. The van der Waals surface area contributed by atoms with Gasteiger partial charge < -0.3 is 5.32 Å². The summed E-state index contributed by atoms with van der Waals surface area (Å²) in [6.07, 6.45) is 0. The number of Topliss-reactive ketones (excluding diaryl/α,β-unsaturated/α-hetero) is 1. The average molecular weight is 261 g/mol. The van der Waals surface area contributed by atoms with Gasteiger partial charge in [-0.1, -0.05) is 24.3 Å². The number of para-hydroxylation sites is 1. The normalized spacial score (nSPS) is 10.3. The molecule has 98 valence electrons. The Morgan fingerprint density at radius 2 is 1.79 bits per heavy atom. The van der Waals surface area contributed by atoms with E-state index in [0.29, 0.717) is 0 Å². The van der Waals surface area contributed by atoms with Crippen molar-refractivity contribution in [2.24, 2.45) is 0 Å². The lowest BCUT2D eigenvalue weighted by Crippen LogP contribution is -2.17. The number of carbonyl (C=O) groups excluding carboxylic acids is 1. The number of carbonyl (C=O) groups is 1. The first-order valence-electron chi connectivity index (χ1n) is 5.86. The third-order valence-corrected chi connectivity index (χ3v) is 2.79. The maximum absolute atomic E-state index is 13.8. The van der Waals surface area contributed by atoms with E-state index in [1.165, 1.54) is 13.0 Å². The van der Waals surface area contributed by atoms with E-state index in [9.17, 15) is 13.6 Å². The van der Waals surface area contributed by atoms with Crippen LogP contribution in [0, 0.1) is 18.6 Å². The lowest BCUT2D eigenvalue weighted by molar-refractivity contribution is 0.0998. The van der Waals surface area contributed by atoms with E-state index in [2.05, 4.69) is 5.32 Å². The Balaban J connectivity index is 2.15. The monoisotopic (exact) mass is 261 g/mol. The van der Waals surface area contributed by atoms with Crippen molar-refractivity contribution in [3.63, 3.8) is 0 Å². The minimum atomic E-state index is -0.831. The second-order valence-corrected chi connectivity index (χ2v) is 4.20. The Morgan fingerprint density at radius 3 is 2.47 bits per heavy atom. The highest BCUT2D eigenvalue weighted by atomic mass is 19.1. The van der Waals surface area contributed by atoms with Gasteiger partial charge in [-0.25, -0.2) is 8.78 Å². The summed E-state index contributed by atoms with van der Waals surface area (Å²) in [5.41, 5.74) is 0.497. The standard InChI is InChI=1S/C15H13F2NO/c1-10-7-8-12(16)14(15(10)17)13(19)9-18-11-5-3-2-4-6-11/h2-8,18H,9H2,1H3. The van der Waals surface area contributed by atoms with E-state index in [-0.39, 0.29) is 12.1 Å². The number of ketones is 1. The second kappa shape index (κ2) is 5.61. The first-order valence-corrected chi connectivity index (χ1v) is 5.86. The number of nitrogens with one attached hydrogen (secondary N) is 1. The van der Waals surface area contributed by atoms with Crippen LogP contribution >= 0.6 is 0 Å². The number of anilines is 1. The van der Waals surface area contributed by atoms with Gasteiger partial charge in [-0.05, 0) is 30.7 Å². The molecule has 0 aliphatic heterocycles. The third kappa shape index (κ3) is 2.96. The van der Waals surface area contributed by atoms with Crippen molar-refractivity contribution in [3.05, 3.63) is 65.2 Å². The summed E-state index contributed by atoms with van der Waals surface area (Å²) in [6.45, 7) is 1.34.